The topological polar surface area (TPSA) is 82.0 Å². The van der Waals surface area contributed by atoms with Crippen molar-refractivity contribution in [1.29, 1.82) is 5.26 Å². The zero-order chi connectivity index (χ0) is 18.1. The van der Waals surface area contributed by atoms with Gasteiger partial charge in [0.15, 0.2) is 0 Å². The molecule has 0 radical (unpaired) electrons. The molecule has 2 amide bonds. The van der Waals surface area contributed by atoms with Crippen LogP contribution in [0.25, 0.3) is 0 Å². The molecule has 1 aliphatic carbocycles. The summed E-state index contributed by atoms with van der Waals surface area (Å²) >= 11 is 1.61. The van der Waals surface area contributed by atoms with Crippen LogP contribution in [-0.4, -0.2) is 30.7 Å². The minimum Gasteiger partial charge on any atom is -0.341 e. The average Bonchev–Trinajstić information content (AvgIpc) is 2.66. The molecular weight excluding hydrogens is 334 g/mol. The second-order valence-electron chi connectivity index (χ2n) is 6.37. The molecule has 6 heteroatoms. The van der Waals surface area contributed by atoms with Gasteiger partial charge in [0, 0.05) is 10.5 Å². The second-order valence-corrected chi connectivity index (χ2v) is 7.25. The molecule has 5 nitrogen and oxygen atoms in total. The van der Waals surface area contributed by atoms with Gasteiger partial charge in [-0.05, 0) is 42.9 Å². The molecule has 0 aliphatic heterocycles. The van der Waals surface area contributed by atoms with Gasteiger partial charge in [0.2, 0.25) is 5.91 Å². The third-order valence-corrected chi connectivity index (χ3v) is 5.35. The van der Waals surface area contributed by atoms with Gasteiger partial charge < -0.3 is 10.6 Å². The zero-order valence-corrected chi connectivity index (χ0v) is 15.4. The molecular formula is C19H25N3O2S. The van der Waals surface area contributed by atoms with Crippen molar-refractivity contribution in [1.82, 2.24) is 10.6 Å². The predicted molar refractivity (Wildman–Crippen MR) is 99.3 cm³/mol. The Balaban J connectivity index is 2.03. The standard InChI is InChI=1S/C19H25N3O2S/c1-25-16-9-7-15(8-10-16)18(23)22-17(19(24)21-12-11-20)13-14-5-3-2-4-6-14/h7-10,14,17H,2-6,12-13H2,1H3,(H,21,24)(H,22,23). The molecule has 0 heterocycles. The molecule has 1 aliphatic rings. The van der Waals surface area contributed by atoms with Crippen molar-refractivity contribution < 1.29 is 9.59 Å². The number of nitrogens with zero attached hydrogens (tertiary/aromatic N) is 1. The lowest BCUT2D eigenvalue weighted by atomic mass is 9.84. The normalized spacial score (nSPS) is 15.8. The number of carbonyl (C=O) groups is 2. The summed E-state index contributed by atoms with van der Waals surface area (Å²) < 4.78 is 0. The Morgan fingerprint density at radius 1 is 1.24 bits per heavy atom. The van der Waals surface area contributed by atoms with Crippen LogP contribution < -0.4 is 10.6 Å². The highest BCUT2D eigenvalue weighted by molar-refractivity contribution is 7.98. The minimum atomic E-state index is -0.593. The summed E-state index contributed by atoms with van der Waals surface area (Å²) in [4.78, 5) is 26.0. The van der Waals surface area contributed by atoms with Gasteiger partial charge in [-0.15, -0.1) is 11.8 Å². The van der Waals surface area contributed by atoms with E-state index in [4.69, 9.17) is 5.26 Å². The van der Waals surface area contributed by atoms with Crippen LogP contribution in [0.5, 0.6) is 0 Å². The predicted octanol–water partition coefficient (Wildman–Crippen LogP) is 3.12. The SMILES string of the molecule is CSc1ccc(C(=O)NC(CC2CCCCC2)C(=O)NCC#N)cc1. The summed E-state index contributed by atoms with van der Waals surface area (Å²) in [6, 6.07) is 8.64. The Labute approximate surface area is 153 Å². The van der Waals surface area contributed by atoms with Crippen LogP contribution in [0.4, 0.5) is 0 Å². The molecule has 1 aromatic rings. The minimum absolute atomic E-state index is 0.0434. The smallest absolute Gasteiger partial charge is 0.251 e. The maximum absolute atomic E-state index is 12.5. The van der Waals surface area contributed by atoms with Crippen LogP contribution in [0.3, 0.4) is 0 Å². The number of hydrogen-bond donors (Lipinski definition) is 2. The lowest BCUT2D eigenvalue weighted by Gasteiger charge is -2.26. The zero-order valence-electron chi connectivity index (χ0n) is 14.6. The van der Waals surface area contributed by atoms with E-state index >= 15 is 0 Å². The third-order valence-electron chi connectivity index (χ3n) is 4.61. The molecule has 1 saturated carbocycles. The van der Waals surface area contributed by atoms with Crippen molar-refractivity contribution >= 4 is 23.6 Å². The first-order valence-corrected chi connectivity index (χ1v) is 9.96. The molecule has 0 spiro atoms. The van der Waals surface area contributed by atoms with Crippen molar-refractivity contribution in [2.75, 3.05) is 12.8 Å². The van der Waals surface area contributed by atoms with Crippen LogP contribution in [0.1, 0.15) is 48.9 Å². The van der Waals surface area contributed by atoms with E-state index < -0.39 is 6.04 Å². The number of hydrogen-bond acceptors (Lipinski definition) is 4. The number of amides is 2. The highest BCUT2D eigenvalue weighted by Gasteiger charge is 2.26. The number of rotatable bonds is 7. The second kappa shape index (κ2) is 10.1. The summed E-state index contributed by atoms with van der Waals surface area (Å²) in [6.07, 6.45) is 8.42. The number of thioether (sulfide) groups is 1. The Hall–Kier alpha value is -2.00. The van der Waals surface area contributed by atoms with Crippen LogP contribution in [-0.2, 0) is 4.79 Å². The first-order chi connectivity index (χ1) is 12.1. The fourth-order valence-electron chi connectivity index (χ4n) is 3.22. The molecule has 1 atom stereocenters. The highest BCUT2D eigenvalue weighted by atomic mass is 32.2. The van der Waals surface area contributed by atoms with Gasteiger partial charge in [0.05, 0.1) is 6.07 Å². The lowest BCUT2D eigenvalue weighted by Crippen LogP contribution is -2.48. The van der Waals surface area contributed by atoms with Gasteiger partial charge in [0.25, 0.3) is 5.91 Å². The highest BCUT2D eigenvalue weighted by Crippen LogP contribution is 2.27. The number of nitriles is 1. The maximum atomic E-state index is 12.5. The van der Waals surface area contributed by atoms with Crippen molar-refractivity contribution in [3.05, 3.63) is 29.8 Å². The summed E-state index contributed by atoms with van der Waals surface area (Å²) in [5.74, 6) is -0.0764. The van der Waals surface area contributed by atoms with Gasteiger partial charge >= 0.3 is 0 Å². The van der Waals surface area contributed by atoms with Gasteiger partial charge in [-0.25, -0.2) is 0 Å². The Morgan fingerprint density at radius 2 is 1.92 bits per heavy atom. The van der Waals surface area contributed by atoms with E-state index in [1.165, 1.54) is 19.3 Å². The largest absolute Gasteiger partial charge is 0.341 e. The molecule has 134 valence electrons. The molecule has 2 N–H and O–H groups in total. The van der Waals surface area contributed by atoms with Gasteiger partial charge in [-0.3, -0.25) is 9.59 Å². The van der Waals surface area contributed by atoms with Crippen LogP contribution in [0.2, 0.25) is 0 Å². The fraction of sp³-hybridized carbons (Fsp3) is 0.526. The first kappa shape index (κ1) is 19.3. The maximum Gasteiger partial charge on any atom is 0.251 e. The summed E-state index contributed by atoms with van der Waals surface area (Å²) in [5, 5.41) is 14.1. The molecule has 1 aromatic carbocycles. The molecule has 25 heavy (non-hydrogen) atoms. The number of carbonyl (C=O) groups excluding carboxylic acids is 2. The molecule has 0 bridgehead atoms. The number of benzene rings is 1. The third kappa shape index (κ3) is 6.09. The molecule has 2 rings (SSSR count). The van der Waals surface area contributed by atoms with E-state index in [2.05, 4.69) is 10.6 Å². The number of nitrogens with one attached hydrogen (secondary N) is 2. The molecule has 1 fully saturated rings. The monoisotopic (exact) mass is 359 g/mol. The van der Waals surface area contributed by atoms with E-state index in [1.54, 1.807) is 23.9 Å². The van der Waals surface area contributed by atoms with Crippen molar-refractivity contribution in [3.8, 4) is 6.07 Å². The first-order valence-electron chi connectivity index (χ1n) is 8.73. The summed E-state index contributed by atoms with van der Waals surface area (Å²) in [6.45, 7) is -0.0434. The van der Waals surface area contributed by atoms with E-state index in [0.717, 1.165) is 17.7 Å². The Bertz CT molecular complexity index is 619. The van der Waals surface area contributed by atoms with Gasteiger partial charge in [0.1, 0.15) is 12.6 Å². The van der Waals surface area contributed by atoms with E-state index in [0.29, 0.717) is 17.9 Å². The molecule has 0 aromatic heterocycles. The molecule has 1 unspecified atom stereocenters. The fourth-order valence-corrected chi connectivity index (χ4v) is 3.63. The van der Waals surface area contributed by atoms with Crippen LogP contribution in [0.15, 0.2) is 29.2 Å². The summed E-state index contributed by atoms with van der Waals surface area (Å²) in [7, 11) is 0. The van der Waals surface area contributed by atoms with E-state index in [9.17, 15) is 9.59 Å². The van der Waals surface area contributed by atoms with Crippen molar-refractivity contribution in [3.63, 3.8) is 0 Å². The quantitative estimate of drug-likeness (QED) is 0.579. The Morgan fingerprint density at radius 3 is 2.52 bits per heavy atom. The lowest BCUT2D eigenvalue weighted by molar-refractivity contribution is -0.123. The van der Waals surface area contributed by atoms with E-state index in [1.807, 2.05) is 24.5 Å². The van der Waals surface area contributed by atoms with Crippen molar-refractivity contribution in [2.45, 2.75) is 49.5 Å². The van der Waals surface area contributed by atoms with Gasteiger partial charge in [-0.1, -0.05) is 32.1 Å². The Kier molecular flexibility index (Phi) is 7.80. The summed E-state index contributed by atoms with van der Waals surface area (Å²) in [5.41, 5.74) is 0.541. The van der Waals surface area contributed by atoms with Crippen molar-refractivity contribution in [2.24, 2.45) is 5.92 Å². The van der Waals surface area contributed by atoms with E-state index in [-0.39, 0.29) is 18.4 Å². The molecule has 0 saturated heterocycles. The average molecular weight is 359 g/mol. The van der Waals surface area contributed by atoms with Crippen LogP contribution >= 0.6 is 11.8 Å². The van der Waals surface area contributed by atoms with Crippen LogP contribution in [0, 0.1) is 17.2 Å². The van der Waals surface area contributed by atoms with Gasteiger partial charge in [-0.2, -0.15) is 5.26 Å².